The topological polar surface area (TPSA) is 57.8 Å². The maximum absolute atomic E-state index is 11.4. The summed E-state index contributed by atoms with van der Waals surface area (Å²) < 4.78 is 0. The summed E-state index contributed by atoms with van der Waals surface area (Å²) in [6, 6.07) is 1.53. The van der Waals surface area contributed by atoms with Crippen molar-refractivity contribution in [2.45, 2.75) is 117 Å². The molecule has 0 saturated heterocycles. The van der Waals surface area contributed by atoms with Gasteiger partial charge in [0.1, 0.15) is 11.6 Å². The van der Waals surface area contributed by atoms with Crippen molar-refractivity contribution in [3.05, 3.63) is 22.2 Å². The summed E-state index contributed by atoms with van der Waals surface area (Å²) >= 11 is 0. The van der Waals surface area contributed by atoms with E-state index in [-0.39, 0.29) is 5.56 Å². The lowest BCUT2D eigenvalue weighted by atomic mass is 10.0. The summed E-state index contributed by atoms with van der Waals surface area (Å²) in [5, 5.41) is 3.24. The highest BCUT2D eigenvalue weighted by atomic mass is 16.1. The lowest BCUT2D eigenvalue weighted by Gasteiger charge is -2.06. The fourth-order valence-corrected chi connectivity index (χ4v) is 3.56. The van der Waals surface area contributed by atoms with Crippen LogP contribution in [0, 0.1) is 6.92 Å². The highest BCUT2D eigenvalue weighted by molar-refractivity contribution is 5.32. The zero-order chi connectivity index (χ0) is 19.6. The molecule has 0 atom stereocenters. The van der Waals surface area contributed by atoms with E-state index in [1.165, 1.54) is 102 Å². The molecule has 0 aliphatic carbocycles. The lowest BCUT2D eigenvalue weighted by molar-refractivity contribution is 0.530. The van der Waals surface area contributed by atoms with Gasteiger partial charge in [-0.3, -0.25) is 4.79 Å². The molecule has 156 valence electrons. The molecule has 0 aliphatic rings. The van der Waals surface area contributed by atoms with Crippen molar-refractivity contribution in [1.82, 2.24) is 9.97 Å². The first-order valence-electron chi connectivity index (χ1n) is 11.5. The van der Waals surface area contributed by atoms with Gasteiger partial charge < -0.3 is 10.3 Å². The maximum Gasteiger partial charge on any atom is 0.252 e. The second kappa shape index (κ2) is 16.8. The molecular formula is C23H43N3O. The predicted octanol–water partition coefficient (Wildman–Crippen LogP) is 6.75. The molecule has 1 heterocycles. The first kappa shape index (κ1) is 23.7. The minimum absolute atomic E-state index is 0.0861. The standard InChI is InChI=1S/C23H43N3O/c1-3-4-5-6-7-8-9-10-11-12-13-14-15-16-17-18-19-24-22-20-23(27)26-21(2)25-22/h20H,3-19H2,1-2H3,(H2,24,25,26,27). The van der Waals surface area contributed by atoms with Crippen LogP contribution in [0.25, 0.3) is 0 Å². The fraction of sp³-hybridized carbons (Fsp3) is 0.826. The Balaban J connectivity index is 1.78. The molecule has 1 aromatic rings. The Hall–Kier alpha value is -1.32. The normalized spacial score (nSPS) is 11.0. The monoisotopic (exact) mass is 377 g/mol. The molecule has 1 aromatic heterocycles. The van der Waals surface area contributed by atoms with E-state index in [0.29, 0.717) is 11.6 Å². The van der Waals surface area contributed by atoms with Gasteiger partial charge in [0.05, 0.1) is 0 Å². The molecule has 0 bridgehead atoms. The quantitative estimate of drug-likeness (QED) is 0.278. The van der Waals surface area contributed by atoms with E-state index in [4.69, 9.17) is 0 Å². The molecule has 4 heteroatoms. The number of hydrogen-bond donors (Lipinski definition) is 2. The zero-order valence-electron chi connectivity index (χ0n) is 18.0. The van der Waals surface area contributed by atoms with Crippen LogP contribution in [-0.4, -0.2) is 16.5 Å². The first-order valence-corrected chi connectivity index (χ1v) is 11.5. The van der Waals surface area contributed by atoms with Gasteiger partial charge in [0.2, 0.25) is 0 Å². The van der Waals surface area contributed by atoms with Crippen molar-refractivity contribution in [3.8, 4) is 0 Å². The number of unbranched alkanes of at least 4 members (excludes halogenated alkanes) is 15. The van der Waals surface area contributed by atoms with Crippen LogP contribution in [0.3, 0.4) is 0 Å². The number of nitrogens with zero attached hydrogens (tertiary/aromatic N) is 1. The molecule has 27 heavy (non-hydrogen) atoms. The number of hydrogen-bond acceptors (Lipinski definition) is 3. The Kier molecular flexibility index (Phi) is 14.8. The minimum Gasteiger partial charge on any atom is -0.370 e. The molecule has 0 saturated carbocycles. The zero-order valence-corrected chi connectivity index (χ0v) is 18.0. The highest BCUT2D eigenvalue weighted by Gasteiger charge is 1.98. The van der Waals surface area contributed by atoms with Crippen LogP contribution in [0.4, 0.5) is 5.82 Å². The second-order valence-corrected chi connectivity index (χ2v) is 7.95. The number of aryl methyl sites for hydroxylation is 1. The van der Waals surface area contributed by atoms with Crippen LogP contribution in [0.5, 0.6) is 0 Å². The third kappa shape index (κ3) is 14.4. The summed E-state index contributed by atoms with van der Waals surface area (Å²) in [4.78, 5) is 18.3. The Morgan fingerprint density at radius 3 is 1.67 bits per heavy atom. The molecule has 0 unspecified atom stereocenters. The van der Waals surface area contributed by atoms with Crippen molar-refractivity contribution in [2.24, 2.45) is 0 Å². The third-order valence-corrected chi connectivity index (χ3v) is 5.20. The van der Waals surface area contributed by atoms with Crippen LogP contribution < -0.4 is 10.9 Å². The Morgan fingerprint density at radius 1 is 0.778 bits per heavy atom. The van der Waals surface area contributed by atoms with Crippen molar-refractivity contribution in [1.29, 1.82) is 0 Å². The van der Waals surface area contributed by atoms with E-state index in [1.807, 2.05) is 0 Å². The molecule has 0 fully saturated rings. The lowest BCUT2D eigenvalue weighted by Crippen LogP contribution is -2.12. The van der Waals surface area contributed by atoms with Crippen LogP contribution in [0.2, 0.25) is 0 Å². The van der Waals surface area contributed by atoms with Gasteiger partial charge in [-0.15, -0.1) is 0 Å². The van der Waals surface area contributed by atoms with Crippen LogP contribution in [0.1, 0.15) is 115 Å². The molecule has 2 N–H and O–H groups in total. The fourth-order valence-electron chi connectivity index (χ4n) is 3.56. The summed E-state index contributed by atoms with van der Waals surface area (Å²) in [5.74, 6) is 1.36. The van der Waals surface area contributed by atoms with Gasteiger partial charge in [-0.1, -0.05) is 103 Å². The number of nitrogens with one attached hydrogen (secondary N) is 2. The molecule has 0 amide bonds. The average Bonchev–Trinajstić information content (AvgIpc) is 2.63. The summed E-state index contributed by atoms with van der Waals surface area (Å²) in [7, 11) is 0. The van der Waals surface area contributed by atoms with E-state index >= 15 is 0 Å². The average molecular weight is 378 g/mol. The summed E-state index contributed by atoms with van der Waals surface area (Å²) in [6.45, 7) is 4.99. The van der Waals surface area contributed by atoms with Crippen molar-refractivity contribution < 1.29 is 0 Å². The molecule has 0 aromatic carbocycles. The number of anilines is 1. The molecular weight excluding hydrogens is 334 g/mol. The van der Waals surface area contributed by atoms with E-state index in [2.05, 4.69) is 22.2 Å². The van der Waals surface area contributed by atoms with Gasteiger partial charge in [0, 0.05) is 12.6 Å². The largest absolute Gasteiger partial charge is 0.370 e. The smallest absolute Gasteiger partial charge is 0.252 e. The molecule has 0 spiro atoms. The number of aromatic amines is 1. The second-order valence-electron chi connectivity index (χ2n) is 7.95. The number of aromatic nitrogens is 2. The van der Waals surface area contributed by atoms with Gasteiger partial charge in [-0.2, -0.15) is 0 Å². The van der Waals surface area contributed by atoms with Gasteiger partial charge in [-0.05, 0) is 13.3 Å². The van der Waals surface area contributed by atoms with E-state index in [0.717, 1.165) is 13.0 Å². The molecule has 0 radical (unpaired) electrons. The maximum atomic E-state index is 11.4. The molecule has 4 nitrogen and oxygen atoms in total. The molecule has 0 aliphatic heterocycles. The van der Waals surface area contributed by atoms with Gasteiger partial charge in [-0.25, -0.2) is 4.98 Å². The van der Waals surface area contributed by atoms with Crippen molar-refractivity contribution in [2.75, 3.05) is 11.9 Å². The summed E-state index contributed by atoms with van der Waals surface area (Å²) in [5.41, 5.74) is -0.0861. The highest BCUT2D eigenvalue weighted by Crippen LogP contribution is 2.13. The Morgan fingerprint density at radius 2 is 1.22 bits per heavy atom. The van der Waals surface area contributed by atoms with E-state index in [1.54, 1.807) is 6.92 Å². The van der Waals surface area contributed by atoms with E-state index < -0.39 is 0 Å². The number of H-pyrrole nitrogens is 1. The number of rotatable bonds is 18. The van der Waals surface area contributed by atoms with Crippen LogP contribution in [0.15, 0.2) is 10.9 Å². The third-order valence-electron chi connectivity index (χ3n) is 5.20. The van der Waals surface area contributed by atoms with Gasteiger partial charge in [0.25, 0.3) is 5.56 Å². The van der Waals surface area contributed by atoms with Gasteiger partial charge >= 0.3 is 0 Å². The van der Waals surface area contributed by atoms with Crippen LogP contribution >= 0.6 is 0 Å². The minimum atomic E-state index is -0.0861. The van der Waals surface area contributed by atoms with Crippen LogP contribution in [-0.2, 0) is 0 Å². The molecule has 1 rings (SSSR count). The SMILES string of the molecule is CCCCCCCCCCCCCCCCCCNc1cc(=O)[nH]c(C)n1. The van der Waals surface area contributed by atoms with E-state index in [9.17, 15) is 4.79 Å². The predicted molar refractivity (Wildman–Crippen MR) is 118 cm³/mol. The Bertz CT molecular complexity index is 513. The van der Waals surface area contributed by atoms with Crippen molar-refractivity contribution >= 4 is 5.82 Å². The Labute approximate surface area is 167 Å². The first-order chi connectivity index (χ1) is 13.2. The van der Waals surface area contributed by atoms with Crippen molar-refractivity contribution in [3.63, 3.8) is 0 Å². The summed E-state index contributed by atoms with van der Waals surface area (Å²) in [6.07, 6.45) is 22.2. The van der Waals surface area contributed by atoms with Gasteiger partial charge in [0.15, 0.2) is 0 Å².